The van der Waals surface area contributed by atoms with Crippen LogP contribution in [0, 0.1) is 0 Å². The summed E-state index contributed by atoms with van der Waals surface area (Å²) in [5.74, 6) is -5.00. The van der Waals surface area contributed by atoms with E-state index in [4.69, 9.17) is 0 Å². The SMILES string of the molecule is Oc1c(O)c(O)c(-c2nc(-c3cccc(-c4cccnc4)c3)cc(-c3cccc(-c4cccc5ccccc45)c3)n2)c(O)c1O. The molecule has 0 atom stereocenters. The van der Waals surface area contributed by atoms with Gasteiger partial charge in [0.05, 0.1) is 11.4 Å². The number of pyridine rings is 1. The van der Waals surface area contributed by atoms with Crippen LogP contribution in [-0.4, -0.2) is 40.5 Å². The highest BCUT2D eigenvalue weighted by Crippen LogP contribution is 2.54. The van der Waals surface area contributed by atoms with E-state index in [2.05, 4.69) is 39.2 Å². The van der Waals surface area contributed by atoms with Gasteiger partial charge >= 0.3 is 0 Å². The van der Waals surface area contributed by atoms with Crippen LogP contribution in [0.15, 0.2) is 122 Å². The molecule has 2 aromatic heterocycles. The molecule has 45 heavy (non-hydrogen) atoms. The lowest BCUT2D eigenvalue weighted by Gasteiger charge is -2.15. The number of rotatable bonds is 5. The van der Waals surface area contributed by atoms with Crippen LogP contribution < -0.4 is 0 Å². The zero-order valence-corrected chi connectivity index (χ0v) is 23.6. The van der Waals surface area contributed by atoms with E-state index in [0.29, 0.717) is 17.0 Å². The first-order valence-electron chi connectivity index (χ1n) is 14.1. The molecule has 0 aliphatic rings. The molecule has 0 amide bonds. The van der Waals surface area contributed by atoms with E-state index in [1.165, 1.54) is 0 Å². The molecular weight excluding hydrogens is 566 g/mol. The van der Waals surface area contributed by atoms with E-state index in [9.17, 15) is 25.5 Å². The van der Waals surface area contributed by atoms with E-state index >= 15 is 0 Å². The number of hydrogen-bond acceptors (Lipinski definition) is 8. The third-order valence-corrected chi connectivity index (χ3v) is 7.73. The maximum atomic E-state index is 10.8. The van der Waals surface area contributed by atoms with Gasteiger partial charge in [-0.05, 0) is 51.7 Å². The Morgan fingerprint density at radius 3 is 1.69 bits per heavy atom. The molecule has 0 saturated heterocycles. The van der Waals surface area contributed by atoms with Gasteiger partial charge in [0.1, 0.15) is 5.56 Å². The summed E-state index contributed by atoms with van der Waals surface area (Å²) in [5.41, 5.74) is 5.69. The van der Waals surface area contributed by atoms with Crippen molar-refractivity contribution in [2.24, 2.45) is 0 Å². The maximum Gasteiger partial charge on any atom is 0.208 e. The first kappa shape index (κ1) is 27.4. The summed E-state index contributed by atoms with van der Waals surface area (Å²) >= 11 is 0. The van der Waals surface area contributed by atoms with Crippen molar-refractivity contribution in [2.75, 3.05) is 0 Å². The molecule has 5 N–H and O–H groups in total. The molecule has 5 aromatic carbocycles. The summed E-state index contributed by atoms with van der Waals surface area (Å²) in [4.78, 5) is 13.5. The summed E-state index contributed by atoms with van der Waals surface area (Å²) in [5, 5.41) is 54.4. The van der Waals surface area contributed by atoms with Gasteiger partial charge in [0.25, 0.3) is 0 Å². The second-order valence-corrected chi connectivity index (χ2v) is 10.5. The molecule has 0 spiro atoms. The number of aromatic nitrogens is 3. The Hall–Kier alpha value is -6.41. The average molecular weight is 592 g/mol. The summed E-state index contributed by atoms with van der Waals surface area (Å²) < 4.78 is 0. The van der Waals surface area contributed by atoms with Gasteiger partial charge in [0, 0.05) is 29.1 Å². The standard InChI is InChI=1S/C37H25N3O5/c41-32-31(33(42)35(44)36(45)34(32)43)37-39-29(24-11-3-9-22(17-24)26-13-6-16-38-20-26)19-30(40-37)25-12-4-10-23(18-25)28-15-5-8-21-7-1-2-14-27(21)28/h1-20,41-45H. The fraction of sp³-hybridized carbons (Fsp3) is 0. The Bertz CT molecular complexity index is 2200. The van der Waals surface area contributed by atoms with Gasteiger partial charge in [-0.2, -0.15) is 0 Å². The van der Waals surface area contributed by atoms with Crippen LogP contribution in [0.2, 0.25) is 0 Å². The van der Waals surface area contributed by atoms with Crippen LogP contribution in [0.1, 0.15) is 0 Å². The second kappa shape index (κ2) is 11.0. The van der Waals surface area contributed by atoms with Gasteiger partial charge < -0.3 is 25.5 Å². The average Bonchev–Trinajstić information content (AvgIpc) is 3.10. The molecule has 0 aliphatic carbocycles. The molecule has 7 rings (SSSR count). The first-order valence-corrected chi connectivity index (χ1v) is 14.1. The zero-order chi connectivity index (χ0) is 31.1. The van der Waals surface area contributed by atoms with E-state index < -0.39 is 34.3 Å². The molecule has 8 nitrogen and oxygen atoms in total. The lowest BCUT2D eigenvalue weighted by molar-refractivity contribution is 0.329. The highest BCUT2D eigenvalue weighted by molar-refractivity contribution is 5.97. The minimum atomic E-state index is -1.06. The quantitative estimate of drug-likeness (QED) is 0.101. The molecule has 8 heteroatoms. The number of hydrogen-bond donors (Lipinski definition) is 5. The number of benzene rings is 5. The smallest absolute Gasteiger partial charge is 0.208 e. The zero-order valence-electron chi connectivity index (χ0n) is 23.6. The minimum absolute atomic E-state index is 0.176. The summed E-state index contributed by atoms with van der Waals surface area (Å²) in [6.45, 7) is 0. The van der Waals surface area contributed by atoms with Gasteiger partial charge in [-0.3, -0.25) is 4.98 Å². The summed E-state index contributed by atoms with van der Waals surface area (Å²) in [6.07, 6.45) is 3.46. The molecule has 0 aliphatic heterocycles. The van der Waals surface area contributed by atoms with Crippen molar-refractivity contribution in [3.05, 3.63) is 122 Å². The van der Waals surface area contributed by atoms with Gasteiger partial charge in [0.15, 0.2) is 17.3 Å². The fourth-order valence-corrected chi connectivity index (χ4v) is 5.47. The molecule has 0 unspecified atom stereocenters. The summed E-state index contributed by atoms with van der Waals surface area (Å²) in [6, 6.07) is 35.3. The fourth-order valence-electron chi connectivity index (χ4n) is 5.47. The Morgan fingerprint density at radius 2 is 1.00 bits per heavy atom. The van der Waals surface area contributed by atoms with Gasteiger partial charge in [-0.25, -0.2) is 9.97 Å². The monoisotopic (exact) mass is 591 g/mol. The molecule has 0 saturated carbocycles. The van der Waals surface area contributed by atoms with Crippen LogP contribution in [0.4, 0.5) is 0 Å². The number of phenols is 5. The lowest BCUT2D eigenvalue weighted by atomic mass is 9.96. The van der Waals surface area contributed by atoms with Crippen molar-refractivity contribution in [2.45, 2.75) is 0 Å². The topological polar surface area (TPSA) is 140 Å². The van der Waals surface area contributed by atoms with E-state index in [-0.39, 0.29) is 5.82 Å². The van der Waals surface area contributed by atoms with E-state index in [0.717, 1.165) is 38.6 Å². The Labute approximate surface area is 257 Å². The number of nitrogens with zero attached hydrogens (tertiary/aromatic N) is 3. The predicted molar refractivity (Wildman–Crippen MR) is 173 cm³/mol. The molecule has 0 bridgehead atoms. The van der Waals surface area contributed by atoms with Gasteiger partial charge in [-0.1, -0.05) is 84.9 Å². The molecule has 2 heterocycles. The minimum Gasteiger partial charge on any atom is -0.504 e. The largest absolute Gasteiger partial charge is 0.504 e. The van der Waals surface area contributed by atoms with Gasteiger partial charge in [-0.15, -0.1) is 0 Å². The molecule has 0 radical (unpaired) electrons. The third kappa shape index (κ3) is 4.90. The van der Waals surface area contributed by atoms with Crippen molar-refractivity contribution in [1.29, 1.82) is 0 Å². The normalized spacial score (nSPS) is 11.1. The highest BCUT2D eigenvalue weighted by atomic mass is 16.4. The van der Waals surface area contributed by atoms with E-state index in [1.807, 2.05) is 78.9 Å². The van der Waals surface area contributed by atoms with Crippen LogP contribution in [0.3, 0.4) is 0 Å². The van der Waals surface area contributed by atoms with Crippen LogP contribution in [0.5, 0.6) is 28.7 Å². The Balaban J connectivity index is 1.45. The first-order chi connectivity index (χ1) is 21.9. The molecule has 0 fully saturated rings. The van der Waals surface area contributed by atoms with Crippen molar-refractivity contribution in [1.82, 2.24) is 15.0 Å². The van der Waals surface area contributed by atoms with E-state index in [1.54, 1.807) is 18.5 Å². The molecule has 7 aromatic rings. The number of fused-ring (bicyclic) bond motifs is 1. The predicted octanol–water partition coefficient (Wildman–Crippen LogP) is 7.89. The van der Waals surface area contributed by atoms with Crippen molar-refractivity contribution in [3.63, 3.8) is 0 Å². The van der Waals surface area contributed by atoms with Crippen LogP contribution in [-0.2, 0) is 0 Å². The van der Waals surface area contributed by atoms with Crippen molar-refractivity contribution in [3.8, 4) is 84.9 Å². The molecular formula is C37H25N3O5. The maximum absolute atomic E-state index is 10.8. The third-order valence-electron chi connectivity index (χ3n) is 7.73. The van der Waals surface area contributed by atoms with Gasteiger partial charge in [0.2, 0.25) is 17.2 Å². The Morgan fingerprint density at radius 1 is 0.444 bits per heavy atom. The van der Waals surface area contributed by atoms with Crippen molar-refractivity contribution < 1.29 is 25.5 Å². The van der Waals surface area contributed by atoms with Crippen molar-refractivity contribution >= 4 is 10.8 Å². The number of aromatic hydroxyl groups is 5. The lowest BCUT2D eigenvalue weighted by Crippen LogP contribution is -1.97. The highest BCUT2D eigenvalue weighted by Gasteiger charge is 2.27. The van der Waals surface area contributed by atoms with Crippen LogP contribution in [0.25, 0.3) is 66.9 Å². The number of phenolic OH excluding ortho intramolecular Hbond substituents is 5. The molecule has 218 valence electrons. The Kier molecular flexibility index (Phi) is 6.71. The summed E-state index contributed by atoms with van der Waals surface area (Å²) in [7, 11) is 0. The second-order valence-electron chi connectivity index (χ2n) is 10.5. The van der Waals surface area contributed by atoms with Crippen LogP contribution >= 0.6 is 0 Å².